The number of aryl methyl sites for hydroxylation is 1. The van der Waals surface area contributed by atoms with Gasteiger partial charge in [-0.2, -0.15) is 0 Å². The molecule has 0 bridgehead atoms. The molecule has 0 radical (unpaired) electrons. The summed E-state index contributed by atoms with van der Waals surface area (Å²) in [6, 6.07) is 8.49. The zero-order valence-corrected chi connectivity index (χ0v) is 8.12. The van der Waals surface area contributed by atoms with Crippen LogP contribution in [0.1, 0.15) is 11.1 Å². The van der Waals surface area contributed by atoms with Crippen molar-refractivity contribution < 1.29 is 0 Å². The summed E-state index contributed by atoms with van der Waals surface area (Å²) in [5.74, 6) is 1.13. The molecule has 1 heterocycles. The van der Waals surface area contributed by atoms with Gasteiger partial charge in [0.15, 0.2) is 0 Å². The summed E-state index contributed by atoms with van der Waals surface area (Å²) < 4.78 is 0. The van der Waals surface area contributed by atoms with Gasteiger partial charge < -0.3 is 4.90 Å². The molecule has 2 heteroatoms. The summed E-state index contributed by atoms with van der Waals surface area (Å²) in [5.41, 5.74) is 2.53. The van der Waals surface area contributed by atoms with Gasteiger partial charge >= 0.3 is 0 Å². The lowest BCUT2D eigenvalue weighted by molar-refractivity contribution is 0.557. The molecule has 2 rings (SSSR count). The predicted molar refractivity (Wildman–Crippen MR) is 55.2 cm³/mol. The van der Waals surface area contributed by atoms with Crippen LogP contribution in [0.3, 0.4) is 0 Å². The van der Waals surface area contributed by atoms with E-state index < -0.39 is 0 Å². The van der Waals surface area contributed by atoms with Crippen molar-refractivity contribution in [1.82, 2.24) is 4.90 Å². The van der Waals surface area contributed by atoms with Crippen LogP contribution >= 0.6 is 0 Å². The maximum atomic E-state index is 4.47. The fourth-order valence-corrected chi connectivity index (χ4v) is 1.63. The van der Waals surface area contributed by atoms with Crippen LogP contribution < -0.4 is 0 Å². The average molecular weight is 174 g/mol. The van der Waals surface area contributed by atoms with E-state index in [9.17, 15) is 0 Å². The molecule has 13 heavy (non-hydrogen) atoms. The van der Waals surface area contributed by atoms with Crippen LogP contribution in [0.4, 0.5) is 0 Å². The molecule has 0 N–H and O–H groups in total. The maximum Gasteiger partial charge on any atom is 0.130 e. The van der Waals surface area contributed by atoms with E-state index in [1.54, 1.807) is 0 Å². The number of aliphatic imine (C=N–C) groups is 1. The fourth-order valence-electron chi connectivity index (χ4n) is 1.63. The number of benzene rings is 1. The van der Waals surface area contributed by atoms with Crippen LogP contribution in [-0.4, -0.2) is 30.9 Å². The Kier molecular flexibility index (Phi) is 2.05. The van der Waals surface area contributed by atoms with Gasteiger partial charge in [-0.25, -0.2) is 0 Å². The Balaban J connectivity index is 2.35. The van der Waals surface area contributed by atoms with Crippen molar-refractivity contribution in [2.75, 3.05) is 20.1 Å². The lowest BCUT2D eigenvalue weighted by Gasteiger charge is -2.13. The minimum atomic E-state index is 0.930. The molecular formula is C11H14N2. The van der Waals surface area contributed by atoms with Crippen LogP contribution in [0.2, 0.25) is 0 Å². The van der Waals surface area contributed by atoms with E-state index in [0.717, 1.165) is 18.9 Å². The molecule has 0 saturated carbocycles. The Morgan fingerprint density at radius 2 is 2.23 bits per heavy atom. The van der Waals surface area contributed by atoms with Crippen molar-refractivity contribution in [1.29, 1.82) is 0 Å². The lowest BCUT2D eigenvalue weighted by atomic mass is 10.1. The van der Waals surface area contributed by atoms with E-state index in [-0.39, 0.29) is 0 Å². The Hall–Kier alpha value is -1.31. The molecule has 0 unspecified atom stereocenters. The first-order valence-electron chi connectivity index (χ1n) is 4.60. The molecule has 0 aliphatic carbocycles. The van der Waals surface area contributed by atoms with Crippen LogP contribution in [0, 0.1) is 6.92 Å². The second-order valence-electron chi connectivity index (χ2n) is 3.50. The molecular weight excluding hydrogens is 160 g/mol. The predicted octanol–water partition coefficient (Wildman–Crippen LogP) is 1.69. The molecule has 2 nitrogen and oxygen atoms in total. The Morgan fingerprint density at radius 3 is 2.85 bits per heavy atom. The molecule has 0 fully saturated rings. The van der Waals surface area contributed by atoms with Gasteiger partial charge in [0.25, 0.3) is 0 Å². The normalized spacial score (nSPS) is 16.2. The van der Waals surface area contributed by atoms with Gasteiger partial charge in [-0.05, 0) is 13.0 Å². The Morgan fingerprint density at radius 1 is 1.38 bits per heavy atom. The highest BCUT2D eigenvalue weighted by Gasteiger charge is 2.13. The summed E-state index contributed by atoms with van der Waals surface area (Å²) in [6.07, 6.45) is 0. The lowest BCUT2D eigenvalue weighted by Crippen LogP contribution is -2.23. The van der Waals surface area contributed by atoms with E-state index in [1.165, 1.54) is 11.1 Å². The molecule has 1 aliphatic rings. The minimum absolute atomic E-state index is 0.930. The maximum absolute atomic E-state index is 4.47. The number of nitrogens with zero attached hydrogens (tertiary/aromatic N) is 2. The van der Waals surface area contributed by atoms with E-state index in [4.69, 9.17) is 0 Å². The number of hydrogen-bond acceptors (Lipinski definition) is 2. The van der Waals surface area contributed by atoms with Gasteiger partial charge in [0.2, 0.25) is 0 Å². The highest BCUT2D eigenvalue weighted by atomic mass is 15.2. The second-order valence-corrected chi connectivity index (χ2v) is 3.50. The molecule has 68 valence electrons. The van der Waals surface area contributed by atoms with Crippen molar-refractivity contribution in [2.45, 2.75) is 6.92 Å². The monoisotopic (exact) mass is 174 g/mol. The van der Waals surface area contributed by atoms with Crippen LogP contribution in [0.25, 0.3) is 0 Å². The highest BCUT2D eigenvalue weighted by Crippen LogP contribution is 2.10. The van der Waals surface area contributed by atoms with Gasteiger partial charge in [-0.3, -0.25) is 4.99 Å². The van der Waals surface area contributed by atoms with Crippen LogP contribution in [0.5, 0.6) is 0 Å². The Labute approximate surface area is 78.9 Å². The van der Waals surface area contributed by atoms with Crippen molar-refractivity contribution in [2.24, 2.45) is 4.99 Å². The summed E-state index contributed by atoms with van der Waals surface area (Å²) >= 11 is 0. The smallest absolute Gasteiger partial charge is 0.130 e. The molecule has 0 spiro atoms. The van der Waals surface area contributed by atoms with Crippen molar-refractivity contribution >= 4 is 5.84 Å². The average Bonchev–Trinajstić information content (AvgIpc) is 2.51. The number of hydrogen-bond donors (Lipinski definition) is 0. The number of amidine groups is 1. The first kappa shape index (κ1) is 8.30. The third-order valence-electron chi connectivity index (χ3n) is 2.33. The first-order valence-corrected chi connectivity index (χ1v) is 4.60. The fraction of sp³-hybridized carbons (Fsp3) is 0.364. The Bertz CT molecular complexity index is 342. The van der Waals surface area contributed by atoms with E-state index in [2.05, 4.69) is 48.1 Å². The van der Waals surface area contributed by atoms with Gasteiger partial charge in [-0.15, -0.1) is 0 Å². The number of rotatable bonds is 1. The second kappa shape index (κ2) is 3.21. The van der Waals surface area contributed by atoms with Gasteiger partial charge in [0, 0.05) is 19.2 Å². The molecule has 0 amide bonds. The summed E-state index contributed by atoms with van der Waals surface area (Å²) in [7, 11) is 2.09. The van der Waals surface area contributed by atoms with Crippen molar-refractivity contribution in [3.63, 3.8) is 0 Å². The molecule has 0 aromatic heterocycles. The number of likely N-dealkylation sites (N-methyl/N-ethyl adjacent to an activating group) is 1. The molecule has 0 atom stereocenters. The van der Waals surface area contributed by atoms with E-state index in [0.29, 0.717) is 0 Å². The zero-order valence-electron chi connectivity index (χ0n) is 8.12. The topological polar surface area (TPSA) is 15.6 Å². The van der Waals surface area contributed by atoms with Crippen molar-refractivity contribution in [3.8, 4) is 0 Å². The van der Waals surface area contributed by atoms with E-state index >= 15 is 0 Å². The summed E-state index contributed by atoms with van der Waals surface area (Å²) in [6.45, 7) is 4.09. The molecule has 1 aromatic carbocycles. The summed E-state index contributed by atoms with van der Waals surface area (Å²) in [5, 5.41) is 0. The van der Waals surface area contributed by atoms with Gasteiger partial charge in [0.05, 0.1) is 6.54 Å². The zero-order chi connectivity index (χ0) is 9.26. The quantitative estimate of drug-likeness (QED) is 0.632. The first-order chi connectivity index (χ1) is 6.27. The molecule has 0 saturated heterocycles. The van der Waals surface area contributed by atoms with Gasteiger partial charge in [-0.1, -0.05) is 23.8 Å². The molecule has 1 aromatic rings. The highest BCUT2D eigenvalue weighted by molar-refractivity contribution is 5.99. The largest absolute Gasteiger partial charge is 0.358 e. The van der Waals surface area contributed by atoms with Crippen LogP contribution in [-0.2, 0) is 0 Å². The third kappa shape index (κ3) is 1.57. The SMILES string of the molecule is Cc1cccc(C2=NCCN2C)c1. The van der Waals surface area contributed by atoms with Crippen molar-refractivity contribution in [3.05, 3.63) is 35.4 Å². The molecule has 1 aliphatic heterocycles. The van der Waals surface area contributed by atoms with Gasteiger partial charge in [0.1, 0.15) is 5.84 Å². The van der Waals surface area contributed by atoms with E-state index in [1.807, 2.05) is 0 Å². The third-order valence-corrected chi connectivity index (χ3v) is 2.33. The van der Waals surface area contributed by atoms with Crippen LogP contribution in [0.15, 0.2) is 29.3 Å². The summed E-state index contributed by atoms with van der Waals surface area (Å²) in [4.78, 5) is 6.67. The minimum Gasteiger partial charge on any atom is -0.358 e. The standard InChI is InChI=1S/C11H14N2/c1-9-4-3-5-10(8-9)11-12-6-7-13(11)2/h3-5,8H,6-7H2,1-2H3.